The second-order valence-corrected chi connectivity index (χ2v) is 8.51. The summed E-state index contributed by atoms with van der Waals surface area (Å²) in [5.41, 5.74) is 2.57. The van der Waals surface area contributed by atoms with Crippen molar-refractivity contribution in [1.29, 1.82) is 0 Å². The second kappa shape index (κ2) is 9.51. The zero-order valence-corrected chi connectivity index (χ0v) is 18.1. The first-order valence-electron chi connectivity index (χ1n) is 11.2. The van der Waals surface area contributed by atoms with Crippen molar-refractivity contribution in [2.45, 2.75) is 44.6 Å². The van der Waals surface area contributed by atoms with Crippen molar-refractivity contribution in [3.05, 3.63) is 41.8 Å². The summed E-state index contributed by atoms with van der Waals surface area (Å²) in [5, 5.41) is 6.71. The summed E-state index contributed by atoms with van der Waals surface area (Å²) < 4.78 is 5.82. The first kappa shape index (κ1) is 20.7. The number of hydrogen-bond acceptors (Lipinski definition) is 6. The Kier molecular flexibility index (Phi) is 6.57. The van der Waals surface area contributed by atoms with Crippen LogP contribution in [-0.2, 0) is 0 Å². The lowest BCUT2D eigenvalue weighted by Crippen LogP contribution is -2.44. The molecule has 1 aromatic heterocycles. The molecule has 30 heavy (non-hydrogen) atoms. The number of aromatic nitrogens is 1. The Bertz CT molecular complexity index is 844. The molecule has 0 bridgehead atoms. The van der Waals surface area contributed by atoms with Gasteiger partial charge >= 0.3 is 0 Å². The average Bonchev–Trinajstić information content (AvgIpc) is 3.40. The standard InChI is InChI=1S/C23H33N5O2/c1-3-4-7-18(14-17-15-24-20-9-6-5-8-19(17)20)26-22(29)21-16-25-23(30-21)28-12-10-27(2)11-13-28/h5-6,8-9,16-18,24H,3-4,7,10-15H2,1-2H3,(H,26,29). The first-order valence-corrected chi connectivity index (χ1v) is 11.2. The van der Waals surface area contributed by atoms with Crippen LogP contribution in [0.1, 0.15) is 54.6 Å². The van der Waals surface area contributed by atoms with E-state index in [0.717, 1.165) is 58.4 Å². The summed E-state index contributed by atoms with van der Waals surface area (Å²) in [6.45, 7) is 6.79. The van der Waals surface area contributed by atoms with Crippen LogP contribution < -0.4 is 15.5 Å². The van der Waals surface area contributed by atoms with E-state index < -0.39 is 0 Å². The fraction of sp³-hybridized carbons (Fsp3) is 0.565. The number of rotatable bonds is 8. The number of oxazole rings is 1. The minimum atomic E-state index is -0.164. The highest BCUT2D eigenvalue weighted by atomic mass is 16.4. The van der Waals surface area contributed by atoms with Crippen LogP contribution in [0, 0.1) is 0 Å². The third-order valence-corrected chi connectivity index (χ3v) is 6.24. The Balaban J connectivity index is 1.39. The summed E-state index contributed by atoms with van der Waals surface area (Å²) in [4.78, 5) is 21.6. The van der Waals surface area contributed by atoms with E-state index in [4.69, 9.17) is 4.42 Å². The van der Waals surface area contributed by atoms with Crippen molar-refractivity contribution in [3.63, 3.8) is 0 Å². The number of anilines is 2. The lowest BCUT2D eigenvalue weighted by atomic mass is 9.91. The molecule has 2 unspecified atom stereocenters. The molecule has 2 aliphatic heterocycles. The lowest BCUT2D eigenvalue weighted by molar-refractivity contribution is 0.0903. The maximum absolute atomic E-state index is 12.9. The predicted octanol–water partition coefficient (Wildman–Crippen LogP) is 3.31. The van der Waals surface area contributed by atoms with Gasteiger partial charge in [-0.2, -0.15) is 0 Å². The van der Waals surface area contributed by atoms with E-state index in [1.54, 1.807) is 6.20 Å². The van der Waals surface area contributed by atoms with E-state index >= 15 is 0 Å². The molecule has 2 N–H and O–H groups in total. The number of unbranched alkanes of at least 4 members (excludes halogenated alkanes) is 1. The molecular weight excluding hydrogens is 378 g/mol. The molecule has 0 aliphatic carbocycles. The van der Waals surface area contributed by atoms with Gasteiger partial charge in [-0.1, -0.05) is 38.0 Å². The van der Waals surface area contributed by atoms with E-state index in [9.17, 15) is 4.79 Å². The number of para-hydroxylation sites is 1. The van der Waals surface area contributed by atoms with E-state index in [-0.39, 0.29) is 11.9 Å². The van der Waals surface area contributed by atoms with Crippen molar-refractivity contribution in [1.82, 2.24) is 15.2 Å². The maximum Gasteiger partial charge on any atom is 0.298 e. The van der Waals surface area contributed by atoms with E-state index in [2.05, 4.69) is 63.7 Å². The SMILES string of the molecule is CCCCC(CC1CNc2ccccc21)NC(=O)c1cnc(N2CCN(C)CC2)o1. The number of hydrogen-bond donors (Lipinski definition) is 2. The second-order valence-electron chi connectivity index (χ2n) is 8.51. The van der Waals surface area contributed by atoms with Crippen LogP contribution in [0.2, 0.25) is 0 Å². The molecule has 2 aliphatic rings. The number of carbonyl (C=O) groups is 1. The van der Waals surface area contributed by atoms with Gasteiger partial charge in [-0.25, -0.2) is 4.98 Å². The number of benzene rings is 1. The minimum absolute atomic E-state index is 0.118. The van der Waals surface area contributed by atoms with Crippen molar-refractivity contribution >= 4 is 17.6 Å². The van der Waals surface area contributed by atoms with Gasteiger partial charge in [0.1, 0.15) is 0 Å². The highest BCUT2D eigenvalue weighted by Crippen LogP contribution is 2.34. The molecule has 7 heteroatoms. The quantitative estimate of drug-likeness (QED) is 0.694. The third kappa shape index (κ3) is 4.78. The molecule has 4 rings (SSSR count). The predicted molar refractivity (Wildman–Crippen MR) is 119 cm³/mol. The molecule has 0 radical (unpaired) electrons. The number of carbonyl (C=O) groups excluding carboxylic acids is 1. The van der Waals surface area contributed by atoms with Crippen LogP contribution in [0.4, 0.5) is 11.7 Å². The monoisotopic (exact) mass is 411 g/mol. The number of nitrogens with zero attached hydrogens (tertiary/aromatic N) is 3. The van der Waals surface area contributed by atoms with E-state index in [1.807, 2.05) is 0 Å². The van der Waals surface area contributed by atoms with Crippen molar-refractivity contribution < 1.29 is 9.21 Å². The van der Waals surface area contributed by atoms with Crippen LogP contribution >= 0.6 is 0 Å². The highest BCUT2D eigenvalue weighted by molar-refractivity contribution is 5.91. The molecule has 1 amide bonds. The average molecular weight is 412 g/mol. The molecule has 162 valence electrons. The summed E-state index contributed by atoms with van der Waals surface area (Å²) in [6, 6.07) is 9.14. The number of likely N-dealkylation sites (N-methyl/N-ethyl adjacent to an activating group) is 1. The fourth-order valence-electron chi connectivity index (χ4n) is 4.38. The van der Waals surface area contributed by atoms with Gasteiger partial charge < -0.3 is 24.9 Å². The Morgan fingerprint density at radius 3 is 2.90 bits per heavy atom. The summed E-state index contributed by atoms with van der Waals surface area (Å²) in [6.07, 6.45) is 5.67. The van der Waals surface area contributed by atoms with Gasteiger partial charge in [0.05, 0.1) is 6.20 Å². The largest absolute Gasteiger partial charge is 0.418 e. The molecule has 2 atom stereocenters. The molecule has 1 saturated heterocycles. The highest BCUT2D eigenvalue weighted by Gasteiger charge is 2.27. The third-order valence-electron chi connectivity index (χ3n) is 6.24. The lowest BCUT2D eigenvalue weighted by Gasteiger charge is -2.31. The van der Waals surface area contributed by atoms with Crippen LogP contribution in [0.25, 0.3) is 0 Å². The number of nitrogens with one attached hydrogen (secondary N) is 2. The van der Waals surface area contributed by atoms with Gasteiger partial charge in [0.25, 0.3) is 11.9 Å². The number of fused-ring (bicyclic) bond motifs is 1. The van der Waals surface area contributed by atoms with Gasteiger partial charge in [-0.3, -0.25) is 4.79 Å². The van der Waals surface area contributed by atoms with Crippen molar-refractivity contribution in [2.75, 3.05) is 50.0 Å². The molecule has 1 fully saturated rings. The number of piperazine rings is 1. The van der Waals surface area contributed by atoms with Crippen LogP contribution in [0.5, 0.6) is 0 Å². The topological polar surface area (TPSA) is 73.6 Å². The zero-order chi connectivity index (χ0) is 20.9. The Hall–Kier alpha value is -2.54. The van der Waals surface area contributed by atoms with Crippen LogP contribution in [0.3, 0.4) is 0 Å². The molecule has 3 heterocycles. The summed E-state index contributed by atoms with van der Waals surface area (Å²) >= 11 is 0. The van der Waals surface area contributed by atoms with Gasteiger partial charge in [-0.05, 0) is 31.5 Å². The Morgan fingerprint density at radius 2 is 2.10 bits per heavy atom. The molecule has 0 spiro atoms. The molecule has 7 nitrogen and oxygen atoms in total. The van der Waals surface area contributed by atoms with Crippen molar-refractivity contribution in [2.24, 2.45) is 0 Å². The van der Waals surface area contributed by atoms with Gasteiger partial charge in [-0.15, -0.1) is 0 Å². The minimum Gasteiger partial charge on any atom is -0.418 e. The Labute approximate surface area is 178 Å². The maximum atomic E-state index is 12.9. The first-order chi connectivity index (χ1) is 14.6. The van der Waals surface area contributed by atoms with Gasteiger partial charge in [0.2, 0.25) is 5.76 Å². The molecule has 0 saturated carbocycles. The van der Waals surface area contributed by atoms with Gasteiger partial charge in [0, 0.05) is 50.4 Å². The molecule has 2 aromatic rings. The van der Waals surface area contributed by atoms with E-state index in [0.29, 0.717) is 17.7 Å². The Morgan fingerprint density at radius 1 is 1.30 bits per heavy atom. The summed E-state index contributed by atoms with van der Waals surface area (Å²) in [7, 11) is 2.11. The normalized spacial score (nSPS) is 19.9. The van der Waals surface area contributed by atoms with E-state index in [1.165, 1.54) is 11.3 Å². The number of amides is 1. The fourth-order valence-corrected chi connectivity index (χ4v) is 4.38. The van der Waals surface area contributed by atoms with Crippen LogP contribution in [0.15, 0.2) is 34.9 Å². The van der Waals surface area contributed by atoms with Crippen molar-refractivity contribution in [3.8, 4) is 0 Å². The zero-order valence-electron chi connectivity index (χ0n) is 18.1. The molecule has 1 aromatic carbocycles. The summed E-state index contributed by atoms with van der Waals surface area (Å²) in [5.74, 6) is 0.553. The molecular formula is C23H33N5O2. The smallest absolute Gasteiger partial charge is 0.298 e. The van der Waals surface area contributed by atoms with Gasteiger partial charge in [0.15, 0.2) is 0 Å². The van der Waals surface area contributed by atoms with Crippen LogP contribution in [-0.4, -0.2) is 61.6 Å².